The lowest BCUT2D eigenvalue weighted by Gasteiger charge is -2.57. The van der Waals surface area contributed by atoms with Gasteiger partial charge in [0.2, 0.25) is 0 Å². The molecular weight excluding hydrogens is 182 g/mol. The zero-order valence-electron chi connectivity index (χ0n) is 9.68. The molecule has 4 rings (SSSR count). The molecule has 0 atom stereocenters. The number of hydrogen-bond donors (Lipinski definition) is 1. The third-order valence-electron chi connectivity index (χ3n) is 4.77. The van der Waals surface area contributed by atoms with E-state index < -0.39 is 0 Å². The SMILES string of the molecule is CC#CCNC12CC3CC(CC(C3)C1)C2. The molecule has 0 amide bonds. The van der Waals surface area contributed by atoms with Gasteiger partial charge in [-0.2, -0.15) is 0 Å². The summed E-state index contributed by atoms with van der Waals surface area (Å²) >= 11 is 0. The van der Waals surface area contributed by atoms with Gasteiger partial charge in [-0.05, 0) is 63.2 Å². The maximum atomic E-state index is 3.75. The van der Waals surface area contributed by atoms with Crippen LogP contribution in [0.4, 0.5) is 0 Å². The van der Waals surface area contributed by atoms with E-state index >= 15 is 0 Å². The quantitative estimate of drug-likeness (QED) is 0.680. The van der Waals surface area contributed by atoms with Crippen LogP contribution in [0.25, 0.3) is 0 Å². The number of nitrogens with one attached hydrogen (secondary N) is 1. The van der Waals surface area contributed by atoms with Gasteiger partial charge in [-0.3, -0.25) is 0 Å². The fourth-order valence-corrected chi connectivity index (χ4v) is 4.65. The molecule has 4 fully saturated rings. The molecule has 0 aromatic carbocycles. The van der Waals surface area contributed by atoms with Crippen molar-refractivity contribution in [2.45, 2.75) is 51.0 Å². The lowest BCUT2D eigenvalue weighted by Crippen LogP contribution is -2.58. The van der Waals surface area contributed by atoms with Crippen LogP contribution in [0, 0.1) is 29.6 Å². The van der Waals surface area contributed by atoms with E-state index in [1.807, 2.05) is 6.92 Å². The maximum absolute atomic E-state index is 3.75. The van der Waals surface area contributed by atoms with Crippen molar-refractivity contribution in [3.63, 3.8) is 0 Å². The summed E-state index contributed by atoms with van der Waals surface area (Å²) in [6, 6.07) is 0. The van der Waals surface area contributed by atoms with Crippen LogP contribution in [0.1, 0.15) is 45.4 Å². The summed E-state index contributed by atoms with van der Waals surface area (Å²) in [5, 5.41) is 3.75. The predicted molar refractivity (Wildman–Crippen MR) is 62.4 cm³/mol. The molecule has 0 radical (unpaired) electrons. The normalized spacial score (nSPS) is 46.3. The molecule has 0 aromatic rings. The summed E-state index contributed by atoms with van der Waals surface area (Å²) < 4.78 is 0. The Balaban J connectivity index is 1.71. The lowest BCUT2D eigenvalue weighted by atomic mass is 9.53. The van der Waals surface area contributed by atoms with Crippen molar-refractivity contribution in [1.29, 1.82) is 0 Å². The number of rotatable bonds is 2. The van der Waals surface area contributed by atoms with Gasteiger partial charge < -0.3 is 5.32 Å². The van der Waals surface area contributed by atoms with Gasteiger partial charge in [0.15, 0.2) is 0 Å². The largest absolute Gasteiger partial charge is 0.301 e. The third kappa shape index (κ3) is 1.70. The van der Waals surface area contributed by atoms with Crippen molar-refractivity contribution in [2.75, 3.05) is 6.54 Å². The molecule has 82 valence electrons. The van der Waals surface area contributed by atoms with Crippen molar-refractivity contribution >= 4 is 0 Å². The molecule has 0 aliphatic heterocycles. The Morgan fingerprint density at radius 1 is 1.07 bits per heavy atom. The van der Waals surface area contributed by atoms with Crippen molar-refractivity contribution in [3.05, 3.63) is 0 Å². The highest BCUT2D eigenvalue weighted by Gasteiger charge is 2.50. The van der Waals surface area contributed by atoms with Gasteiger partial charge in [-0.1, -0.05) is 5.92 Å². The Morgan fingerprint density at radius 2 is 1.60 bits per heavy atom. The molecule has 1 N–H and O–H groups in total. The zero-order valence-corrected chi connectivity index (χ0v) is 9.68. The molecule has 0 spiro atoms. The second-order valence-electron chi connectivity index (χ2n) is 5.98. The number of hydrogen-bond acceptors (Lipinski definition) is 1. The molecule has 0 unspecified atom stereocenters. The van der Waals surface area contributed by atoms with Crippen LogP contribution in [0.5, 0.6) is 0 Å². The average Bonchev–Trinajstić information content (AvgIpc) is 2.15. The van der Waals surface area contributed by atoms with Crippen molar-refractivity contribution in [1.82, 2.24) is 5.32 Å². The Morgan fingerprint density at radius 3 is 2.07 bits per heavy atom. The fourth-order valence-electron chi connectivity index (χ4n) is 4.65. The van der Waals surface area contributed by atoms with Gasteiger partial charge in [-0.25, -0.2) is 0 Å². The summed E-state index contributed by atoms with van der Waals surface area (Å²) in [5.74, 6) is 9.27. The van der Waals surface area contributed by atoms with E-state index in [1.165, 1.54) is 38.5 Å². The maximum Gasteiger partial charge on any atom is 0.0580 e. The van der Waals surface area contributed by atoms with Crippen LogP contribution in [0.15, 0.2) is 0 Å². The minimum atomic E-state index is 0.499. The summed E-state index contributed by atoms with van der Waals surface area (Å²) in [6.07, 6.45) is 8.89. The van der Waals surface area contributed by atoms with Gasteiger partial charge in [0.1, 0.15) is 0 Å². The monoisotopic (exact) mass is 203 g/mol. The molecule has 0 heterocycles. The molecular formula is C14H21N. The molecule has 4 aliphatic rings. The minimum absolute atomic E-state index is 0.499. The van der Waals surface area contributed by atoms with Crippen molar-refractivity contribution < 1.29 is 0 Å². The molecule has 4 saturated carbocycles. The van der Waals surface area contributed by atoms with E-state index in [1.54, 1.807) is 0 Å². The van der Waals surface area contributed by atoms with Crippen LogP contribution < -0.4 is 5.32 Å². The highest BCUT2D eigenvalue weighted by Crippen LogP contribution is 2.55. The average molecular weight is 203 g/mol. The van der Waals surface area contributed by atoms with Gasteiger partial charge in [0.05, 0.1) is 6.54 Å². The zero-order chi connectivity index (χ0) is 10.3. The van der Waals surface area contributed by atoms with Gasteiger partial charge in [0, 0.05) is 5.54 Å². The van der Waals surface area contributed by atoms with Crippen LogP contribution in [0.3, 0.4) is 0 Å². The first-order valence-electron chi connectivity index (χ1n) is 6.44. The van der Waals surface area contributed by atoms with E-state index in [9.17, 15) is 0 Å². The first kappa shape index (κ1) is 9.73. The van der Waals surface area contributed by atoms with E-state index in [4.69, 9.17) is 0 Å². The van der Waals surface area contributed by atoms with Crippen LogP contribution in [-0.4, -0.2) is 12.1 Å². The fraction of sp³-hybridized carbons (Fsp3) is 0.857. The Bertz CT molecular complexity index is 272. The Hall–Kier alpha value is -0.480. The summed E-state index contributed by atoms with van der Waals surface area (Å²) in [4.78, 5) is 0. The standard InChI is InChI=1S/C14H21N/c1-2-3-4-15-14-8-11-5-12(9-14)7-13(6-11)10-14/h11-13,15H,4-10H2,1H3. The Labute approximate surface area is 93.0 Å². The van der Waals surface area contributed by atoms with Gasteiger partial charge >= 0.3 is 0 Å². The molecule has 4 aliphatic carbocycles. The second kappa shape index (κ2) is 3.52. The van der Waals surface area contributed by atoms with Crippen molar-refractivity contribution in [3.8, 4) is 11.8 Å². The van der Waals surface area contributed by atoms with Crippen LogP contribution in [-0.2, 0) is 0 Å². The molecule has 4 bridgehead atoms. The molecule has 1 heteroatoms. The van der Waals surface area contributed by atoms with Gasteiger partial charge in [0.25, 0.3) is 0 Å². The lowest BCUT2D eigenvalue weighted by molar-refractivity contribution is -0.0176. The highest BCUT2D eigenvalue weighted by molar-refractivity contribution is 5.08. The predicted octanol–water partition coefficient (Wildman–Crippen LogP) is 2.57. The molecule has 0 saturated heterocycles. The van der Waals surface area contributed by atoms with E-state index in [-0.39, 0.29) is 0 Å². The van der Waals surface area contributed by atoms with E-state index in [2.05, 4.69) is 17.2 Å². The van der Waals surface area contributed by atoms with Gasteiger partial charge in [-0.15, -0.1) is 5.92 Å². The first-order valence-corrected chi connectivity index (χ1v) is 6.44. The summed E-state index contributed by atoms with van der Waals surface area (Å²) in [7, 11) is 0. The third-order valence-corrected chi connectivity index (χ3v) is 4.77. The summed E-state index contributed by atoms with van der Waals surface area (Å²) in [5.41, 5.74) is 0.499. The highest BCUT2D eigenvalue weighted by atomic mass is 15.0. The smallest absolute Gasteiger partial charge is 0.0580 e. The molecule has 0 aromatic heterocycles. The van der Waals surface area contributed by atoms with Crippen LogP contribution in [0.2, 0.25) is 0 Å². The molecule has 15 heavy (non-hydrogen) atoms. The minimum Gasteiger partial charge on any atom is -0.301 e. The van der Waals surface area contributed by atoms with Crippen LogP contribution >= 0.6 is 0 Å². The second-order valence-corrected chi connectivity index (χ2v) is 5.98. The van der Waals surface area contributed by atoms with E-state index in [0.717, 1.165) is 24.3 Å². The first-order chi connectivity index (χ1) is 7.30. The van der Waals surface area contributed by atoms with Crippen molar-refractivity contribution in [2.24, 2.45) is 17.8 Å². The Kier molecular flexibility index (Phi) is 2.29. The van der Waals surface area contributed by atoms with E-state index in [0.29, 0.717) is 5.54 Å². The topological polar surface area (TPSA) is 12.0 Å². The summed E-state index contributed by atoms with van der Waals surface area (Å²) in [6.45, 7) is 2.84. The molecule has 1 nitrogen and oxygen atoms in total.